The molecule has 5 nitrogen and oxygen atoms in total. The second-order valence-corrected chi connectivity index (χ2v) is 4.65. The first-order chi connectivity index (χ1) is 8.49. The van der Waals surface area contributed by atoms with Gasteiger partial charge in [-0.15, -0.1) is 0 Å². The number of likely N-dealkylation sites (tertiary alicyclic amines) is 1. The van der Waals surface area contributed by atoms with Gasteiger partial charge in [0, 0.05) is 24.8 Å². The van der Waals surface area contributed by atoms with Crippen molar-refractivity contribution in [3.05, 3.63) is 29.3 Å². The molecule has 0 bridgehead atoms. The van der Waals surface area contributed by atoms with E-state index in [2.05, 4.69) is 5.32 Å². The van der Waals surface area contributed by atoms with Crippen LogP contribution < -0.4 is 11.1 Å². The van der Waals surface area contributed by atoms with Crippen LogP contribution in [0.25, 0.3) is 0 Å². The minimum absolute atomic E-state index is 0.0311. The summed E-state index contributed by atoms with van der Waals surface area (Å²) < 4.78 is 0. The van der Waals surface area contributed by atoms with Gasteiger partial charge < -0.3 is 16.0 Å². The lowest BCUT2D eigenvalue weighted by Crippen LogP contribution is -2.40. The van der Waals surface area contributed by atoms with E-state index in [4.69, 9.17) is 5.73 Å². The maximum atomic E-state index is 12.1. The number of benzene rings is 1. The van der Waals surface area contributed by atoms with Crippen LogP contribution in [0.2, 0.25) is 0 Å². The Morgan fingerprint density at radius 3 is 2.78 bits per heavy atom. The molecule has 1 atom stereocenters. The first-order valence-corrected chi connectivity index (χ1v) is 5.91. The lowest BCUT2D eigenvalue weighted by molar-refractivity contribution is -0.128. The Morgan fingerprint density at radius 1 is 1.50 bits per heavy atom. The third kappa shape index (κ3) is 2.30. The van der Waals surface area contributed by atoms with Crippen LogP contribution in [0.3, 0.4) is 0 Å². The highest BCUT2D eigenvalue weighted by Crippen LogP contribution is 2.14. The number of anilines is 1. The molecule has 1 aliphatic heterocycles. The van der Waals surface area contributed by atoms with Crippen LogP contribution in [0.15, 0.2) is 18.2 Å². The second kappa shape index (κ2) is 4.68. The van der Waals surface area contributed by atoms with Gasteiger partial charge in [0.15, 0.2) is 0 Å². The van der Waals surface area contributed by atoms with Gasteiger partial charge in [-0.05, 0) is 37.1 Å². The summed E-state index contributed by atoms with van der Waals surface area (Å²) in [5.41, 5.74) is 7.64. The molecule has 18 heavy (non-hydrogen) atoms. The molecular weight excluding hydrogens is 230 g/mol. The number of hydrogen-bond acceptors (Lipinski definition) is 3. The summed E-state index contributed by atoms with van der Waals surface area (Å²) in [6, 6.07) is 4.71. The van der Waals surface area contributed by atoms with Crippen LogP contribution in [0.5, 0.6) is 0 Å². The zero-order chi connectivity index (χ0) is 13.3. The van der Waals surface area contributed by atoms with Crippen LogP contribution >= 0.6 is 0 Å². The molecule has 5 heteroatoms. The van der Waals surface area contributed by atoms with Gasteiger partial charge in [-0.3, -0.25) is 9.59 Å². The monoisotopic (exact) mass is 247 g/mol. The third-order valence-corrected chi connectivity index (χ3v) is 3.23. The number of nitrogens with one attached hydrogen (secondary N) is 1. The lowest BCUT2D eigenvalue weighted by atomic mass is 10.1. The number of amides is 2. The molecule has 3 N–H and O–H groups in total. The van der Waals surface area contributed by atoms with Gasteiger partial charge in [0.25, 0.3) is 5.91 Å². The van der Waals surface area contributed by atoms with E-state index in [9.17, 15) is 9.59 Å². The molecule has 1 heterocycles. The Balaban J connectivity index is 2.11. The number of hydrogen-bond donors (Lipinski definition) is 2. The number of nitrogens with two attached hydrogens (primary N) is 1. The van der Waals surface area contributed by atoms with Gasteiger partial charge >= 0.3 is 0 Å². The van der Waals surface area contributed by atoms with Crippen molar-refractivity contribution in [3.8, 4) is 0 Å². The normalized spacial score (nSPS) is 19.1. The van der Waals surface area contributed by atoms with E-state index in [1.165, 1.54) is 0 Å². The number of aryl methyl sites for hydroxylation is 1. The summed E-state index contributed by atoms with van der Waals surface area (Å²) in [6.07, 6.45) is 0.662. The SMILES string of the molecule is Cc1cc(N)ccc1C(=O)NC1CCN(C)C1=O. The standard InChI is InChI=1S/C13H17N3O2/c1-8-7-9(14)3-4-10(8)12(17)15-11-5-6-16(2)13(11)18/h3-4,7,11H,5-6,14H2,1-2H3,(H,15,17). The van der Waals surface area contributed by atoms with Crippen LogP contribution in [0.4, 0.5) is 5.69 Å². The van der Waals surface area contributed by atoms with Crippen LogP contribution in [0, 0.1) is 6.92 Å². The predicted octanol–water partition coefficient (Wildman–Crippen LogP) is 0.538. The van der Waals surface area contributed by atoms with E-state index in [1.54, 1.807) is 30.1 Å². The summed E-state index contributed by atoms with van der Waals surface area (Å²) in [6.45, 7) is 2.51. The Hall–Kier alpha value is -2.04. The lowest BCUT2D eigenvalue weighted by Gasteiger charge is -2.13. The molecule has 0 spiro atoms. The van der Waals surface area contributed by atoms with Gasteiger partial charge in [-0.1, -0.05) is 0 Å². The fraction of sp³-hybridized carbons (Fsp3) is 0.385. The number of carbonyl (C=O) groups excluding carboxylic acids is 2. The van der Waals surface area contributed by atoms with Crippen molar-refractivity contribution >= 4 is 17.5 Å². The van der Waals surface area contributed by atoms with Crippen molar-refractivity contribution in [1.82, 2.24) is 10.2 Å². The second-order valence-electron chi connectivity index (χ2n) is 4.65. The quantitative estimate of drug-likeness (QED) is 0.749. The fourth-order valence-corrected chi connectivity index (χ4v) is 2.13. The van der Waals surface area contributed by atoms with Gasteiger partial charge in [0.05, 0.1) is 0 Å². The minimum Gasteiger partial charge on any atom is -0.399 e. The van der Waals surface area contributed by atoms with E-state index in [1.807, 2.05) is 6.92 Å². The molecule has 1 aliphatic rings. The first-order valence-electron chi connectivity index (χ1n) is 5.91. The van der Waals surface area contributed by atoms with Gasteiger partial charge in [0.2, 0.25) is 5.91 Å². The average molecular weight is 247 g/mol. The molecular formula is C13H17N3O2. The maximum absolute atomic E-state index is 12.1. The highest BCUT2D eigenvalue weighted by atomic mass is 16.2. The van der Waals surface area contributed by atoms with Crippen molar-refractivity contribution in [2.24, 2.45) is 0 Å². The molecule has 0 aromatic heterocycles. The van der Waals surface area contributed by atoms with Gasteiger partial charge in [0.1, 0.15) is 6.04 Å². The van der Waals surface area contributed by atoms with E-state index in [0.717, 1.165) is 5.56 Å². The van der Waals surface area contributed by atoms with Crippen LogP contribution in [-0.2, 0) is 4.79 Å². The molecule has 1 aromatic carbocycles. The van der Waals surface area contributed by atoms with E-state index in [0.29, 0.717) is 24.2 Å². The highest BCUT2D eigenvalue weighted by molar-refractivity contribution is 5.99. The number of carbonyl (C=O) groups is 2. The topological polar surface area (TPSA) is 75.4 Å². The van der Waals surface area contributed by atoms with Crippen LogP contribution in [-0.4, -0.2) is 36.3 Å². The summed E-state index contributed by atoms with van der Waals surface area (Å²) in [7, 11) is 1.74. The Morgan fingerprint density at radius 2 is 2.22 bits per heavy atom. The van der Waals surface area contributed by atoms with Crippen molar-refractivity contribution in [1.29, 1.82) is 0 Å². The summed E-state index contributed by atoms with van der Waals surface area (Å²) in [4.78, 5) is 25.4. The smallest absolute Gasteiger partial charge is 0.252 e. The van der Waals surface area contributed by atoms with Gasteiger partial charge in [-0.25, -0.2) is 0 Å². The fourth-order valence-electron chi connectivity index (χ4n) is 2.13. The molecule has 1 fully saturated rings. The van der Waals surface area contributed by atoms with E-state index < -0.39 is 6.04 Å². The Labute approximate surface area is 106 Å². The van der Waals surface area contributed by atoms with E-state index >= 15 is 0 Å². The molecule has 0 aliphatic carbocycles. The van der Waals surface area contributed by atoms with E-state index in [-0.39, 0.29) is 11.8 Å². The maximum Gasteiger partial charge on any atom is 0.252 e. The first kappa shape index (κ1) is 12.4. The molecule has 0 saturated carbocycles. The number of rotatable bonds is 2. The molecule has 0 radical (unpaired) electrons. The summed E-state index contributed by atoms with van der Waals surface area (Å²) in [5.74, 6) is -0.252. The predicted molar refractivity (Wildman–Crippen MR) is 69.1 cm³/mol. The van der Waals surface area contributed by atoms with Gasteiger partial charge in [-0.2, -0.15) is 0 Å². The molecule has 2 rings (SSSR count). The van der Waals surface area contributed by atoms with Crippen molar-refractivity contribution in [2.75, 3.05) is 19.3 Å². The Bertz CT molecular complexity index is 499. The zero-order valence-corrected chi connectivity index (χ0v) is 10.6. The largest absolute Gasteiger partial charge is 0.399 e. The number of nitrogen functional groups attached to an aromatic ring is 1. The molecule has 1 aromatic rings. The molecule has 1 saturated heterocycles. The number of likely N-dealkylation sites (N-methyl/N-ethyl adjacent to an activating group) is 1. The molecule has 2 amide bonds. The average Bonchev–Trinajstić information content (AvgIpc) is 2.61. The van der Waals surface area contributed by atoms with Crippen molar-refractivity contribution < 1.29 is 9.59 Å². The highest BCUT2D eigenvalue weighted by Gasteiger charge is 2.30. The summed E-state index contributed by atoms with van der Waals surface area (Å²) >= 11 is 0. The Kier molecular flexibility index (Phi) is 3.23. The molecule has 96 valence electrons. The summed E-state index contributed by atoms with van der Waals surface area (Å²) in [5, 5.41) is 2.76. The van der Waals surface area contributed by atoms with Crippen molar-refractivity contribution in [3.63, 3.8) is 0 Å². The molecule has 1 unspecified atom stereocenters. The minimum atomic E-state index is -0.403. The third-order valence-electron chi connectivity index (χ3n) is 3.23. The zero-order valence-electron chi connectivity index (χ0n) is 10.6. The van der Waals surface area contributed by atoms with Crippen LogP contribution in [0.1, 0.15) is 22.3 Å². The number of nitrogens with zero attached hydrogens (tertiary/aromatic N) is 1. The van der Waals surface area contributed by atoms with Crippen molar-refractivity contribution in [2.45, 2.75) is 19.4 Å².